The summed E-state index contributed by atoms with van der Waals surface area (Å²) in [5.41, 5.74) is 9.35. The number of carbonyl (C=O) groups is 2. The highest BCUT2D eigenvalue weighted by Gasteiger charge is 2.15. The fourth-order valence-corrected chi connectivity index (χ4v) is 2.95. The second-order valence-electron chi connectivity index (χ2n) is 7.14. The van der Waals surface area contributed by atoms with Crippen molar-refractivity contribution in [3.05, 3.63) is 71.9 Å². The summed E-state index contributed by atoms with van der Waals surface area (Å²) in [6, 6.07) is 16.0. The van der Waals surface area contributed by atoms with Gasteiger partial charge in [-0.15, -0.1) is 0 Å². The van der Waals surface area contributed by atoms with E-state index in [9.17, 15) is 9.59 Å². The maximum Gasteiger partial charge on any atom is 0.417 e. The molecular weight excluding hydrogens is 380 g/mol. The zero-order valence-corrected chi connectivity index (χ0v) is 17.1. The molecule has 0 aliphatic rings. The number of amides is 2. The van der Waals surface area contributed by atoms with Crippen LogP contribution in [0.15, 0.2) is 60.8 Å². The minimum absolute atomic E-state index is 0.0108. The molecule has 3 aromatic rings. The van der Waals surface area contributed by atoms with Gasteiger partial charge in [-0.3, -0.25) is 10.1 Å². The van der Waals surface area contributed by atoms with Crippen molar-refractivity contribution >= 4 is 23.5 Å². The standard InChI is InChI=1S/C23H24N4O3/c1-14(2)26-22(28)20-12-16(13-25-21(20)24)19-10-9-17(11-15(19)3)27-23(29)30-18-7-5-4-6-8-18/h4-14H,1-3H3,(H2,24,25)(H,26,28)(H,27,29). The van der Waals surface area contributed by atoms with Gasteiger partial charge in [0.2, 0.25) is 0 Å². The number of pyridine rings is 1. The van der Waals surface area contributed by atoms with Crippen LogP contribution in [-0.2, 0) is 0 Å². The Kier molecular flexibility index (Phi) is 6.32. The number of nitrogens with one attached hydrogen (secondary N) is 2. The number of rotatable bonds is 5. The molecular formula is C23H24N4O3. The lowest BCUT2D eigenvalue weighted by Gasteiger charge is -2.13. The van der Waals surface area contributed by atoms with Crippen molar-refractivity contribution in [1.29, 1.82) is 0 Å². The van der Waals surface area contributed by atoms with E-state index in [1.54, 1.807) is 42.6 Å². The number of hydrogen-bond donors (Lipinski definition) is 3. The van der Waals surface area contributed by atoms with Gasteiger partial charge in [0.05, 0.1) is 5.56 Å². The molecule has 0 radical (unpaired) electrons. The zero-order chi connectivity index (χ0) is 21.7. The van der Waals surface area contributed by atoms with E-state index < -0.39 is 6.09 Å². The number of nitrogen functional groups attached to an aromatic ring is 1. The van der Waals surface area contributed by atoms with Crippen LogP contribution < -0.4 is 21.1 Å². The van der Waals surface area contributed by atoms with Gasteiger partial charge in [0.25, 0.3) is 5.91 Å². The summed E-state index contributed by atoms with van der Waals surface area (Å²) in [7, 11) is 0. The SMILES string of the molecule is Cc1cc(NC(=O)Oc2ccccc2)ccc1-c1cnc(N)c(C(=O)NC(C)C)c1. The van der Waals surface area contributed by atoms with Gasteiger partial charge in [0, 0.05) is 23.5 Å². The molecule has 154 valence electrons. The average Bonchev–Trinajstić information content (AvgIpc) is 2.69. The van der Waals surface area contributed by atoms with Crippen LogP contribution >= 0.6 is 0 Å². The Morgan fingerprint density at radius 3 is 2.47 bits per heavy atom. The quantitative estimate of drug-likeness (QED) is 0.585. The number of aromatic nitrogens is 1. The summed E-state index contributed by atoms with van der Waals surface area (Å²) < 4.78 is 5.24. The summed E-state index contributed by atoms with van der Waals surface area (Å²) in [5, 5.41) is 5.53. The molecule has 1 heterocycles. The van der Waals surface area contributed by atoms with E-state index in [1.807, 2.05) is 39.0 Å². The normalized spacial score (nSPS) is 10.5. The number of nitrogens with zero attached hydrogens (tertiary/aromatic N) is 1. The Hall–Kier alpha value is -3.87. The molecule has 3 rings (SSSR count). The lowest BCUT2D eigenvalue weighted by molar-refractivity contribution is 0.0943. The molecule has 2 aromatic carbocycles. The van der Waals surface area contributed by atoms with Crippen LogP contribution in [0.5, 0.6) is 5.75 Å². The van der Waals surface area contributed by atoms with Crippen LogP contribution in [0.2, 0.25) is 0 Å². The van der Waals surface area contributed by atoms with Crippen LogP contribution in [-0.4, -0.2) is 23.0 Å². The van der Waals surface area contributed by atoms with E-state index in [-0.39, 0.29) is 17.8 Å². The second-order valence-corrected chi connectivity index (χ2v) is 7.14. The molecule has 7 heteroatoms. The molecule has 30 heavy (non-hydrogen) atoms. The van der Waals surface area contributed by atoms with Crippen molar-refractivity contribution in [3.63, 3.8) is 0 Å². The lowest BCUT2D eigenvalue weighted by Crippen LogP contribution is -2.30. The predicted molar refractivity (Wildman–Crippen MR) is 118 cm³/mol. The van der Waals surface area contributed by atoms with E-state index in [2.05, 4.69) is 15.6 Å². The van der Waals surface area contributed by atoms with Crippen LogP contribution in [0.25, 0.3) is 11.1 Å². The van der Waals surface area contributed by atoms with Gasteiger partial charge in [0.1, 0.15) is 11.6 Å². The monoisotopic (exact) mass is 404 g/mol. The van der Waals surface area contributed by atoms with E-state index in [0.717, 1.165) is 16.7 Å². The minimum atomic E-state index is -0.574. The molecule has 0 bridgehead atoms. The summed E-state index contributed by atoms with van der Waals surface area (Å²) in [6.45, 7) is 5.67. The van der Waals surface area contributed by atoms with Crippen molar-refractivity contribution < 1.29 is 14.3 Å². The Morgan fingerprint density at radius 2 is 1.80 bits per heavy atom. The minimum Gasteiger partial charge on any atom is -0.410 e. The summed E-state index contributed by atoms with van der Waals surface area (Å²) in [6.07, 6.45) is 1.05. The topological polar surface area (TPSA) is 106 Å². The molecule has 4 N–H and O–H groups in total. The number of aryl methyl sites for hydroxylation is 1. The first-order valence-corrected chi connectivity index (χ1v) is 9.55. The molecule has 7 nitrogen and oxygen atoms in total. The molecule has 0 aliphatic carbocycles. The third-order valence-electron chi connectivity index (χ3n) is 4.32. The molecule has 0 unspecified atom stereocenters. The number of carbonyl (C=O) groups excluding carboxylic acids is 2. The second kappa shape index (κ2) is 9.09. The molecule has 0 fully saturated rings. The van der Waals surface area contributed by atoms with E-state index in [1.165, 1.54) is 0 Å². The van der Waals surface area contributed by atoms with Crippen molar-refractivity contribution in [2.24, 2.45) is 0 Å². The van der Waals surface area contributed by atoms with Gasteiger partial charge in [-0.2, -0.15) is 0 Å². The highest BCUT2D eigenvalue weighted by atomic mass is 16.6. The number of nitrogens with two attached hydrogens (primary N) is 1. The number of benzene rings is 2. The van der Waals surface area contributed by atoms with Gasteiger partial charge in [-0.1, -0.05) is 24.3 Å². The first-order chi connectivity index (χ1) is 14.3. The molecule has 1 aromatic heterocycles. The van der Waals surface area contributed by atoms with Crippen LogP contribution in [0, 0.1) is 6.92 Å². The predicted octanol–water partition coefficient (Wildman–Crippen LogP) is 4.39. The molecule has 0 atom stereocenters. The van der Waals surface area contributed by atoms with Gasteiger partial charge in [0.15, 0.2) is 0 Å². The highest BCUT2D eigenvalue weighted by molar-refractivity contribution is 5.99. The van der Waals surface area contributed by atoms with Crippen molar-refractivity contribution in [2.75, 3.05) is 11.1 Å². The van der Waals surface area contributed by atoms with Gasteiger partial charge in [-0.25, -0.2) is 9.78 Å². The molecule has 0 saturated heterocycles. The third kappa shape index (κ3) is 5.14. The Bertz CT molecular complexity index is 1070. The molecule has 2 amide bonds. The summed E-state index contributed by atoms with van der Waals surface area (Å²) in [5.74, 6) is 0.372. The van der Waals surface area contributed by atoms with Crippen molar-refractivity contribution in [1.82, 2.24) is 10.3 Å². The van der Waals surface area contributed by atoms with Gasteiger partial charge >= 0.3 is 6.09 Å². The Balaban J connectivity index is 1.78. The van der Waals surface area contributed by atoms with Gasteiger partial charge < -0.3 is 15.8 Å². The zero-order valence-electron chi connectivity index (χ0n) is 17.1. The van der Waals surface area contributed by atoms with Crippen LogP contribution in [0.3, 0.4) is 0 Å². The Morgan fingerprint density at radius 1 is 1.07 bits per heavy atom. The average molecular weight is 404 g/mol. The maximum atomic E-state index is 12.4. The van der Waals surface area contributed by atoms with Crippen LogP contribution in [0.1, 0.15) is 29.8 Å². The van der Waals surface area contributed by atoms with Crippen LogP contribution in [0.4, 0.5) is 16.3 Å². The van der Waals surface area contributed by atoms with E-state index in [0.29, 0.717) is 17.0 Å². The summed E-state index contributed by atoms with van der Waals surface area (Å²) in [4.78, 5) is 28.6. The number of hydrogen-bond acceptors (Lipinski definition) is 5. The Labute approximate surface area is 175 Å². The largest absolute Gasteiger partial charge is 0.417 e. The summed E-state index contributed by atoms with van der Waals surface area (Å²) >= 11 is 0. The van der Waals surface area contributed by atoms with Crippen molar-refractivity contribution in [2.45, 2.75) is 26.8 Å². The van der Waals surface area contributed by atoms with E-state index >= 15 is 0 Å². The number of ether oxygens (including phenoxy) is 1. The fraction of sp³-hybridized carbons (Fsp3) is 0.174. The number of para-hydroxylation sites is 1. The maximum absolute atomic E-state index is 12.4. The smallest absolute Gasteiger partial charge is 0.410 e. The highest BCUT2D eigenvalue weighted by Crippen LogP contribution is 2.27. The molecule has 0 saturated carbocycles. The lowest BCUT2D eigenvalue weighted by atomic mass is 9.99. The molecule has 0 spiro atoms. The van der Waals surface area contributed by atoms with Gasteiger partial charge in [-0.05, 0) is 62.2 Å². The first kappa shape index (κ1) is 20.9. The fourth-order valence-electron chi connectivity index (χ4n) is 2.95. The third-order valence-corrected chi connectivity index (χ3v) is 4.32. The van der Waals surface area contributed by atoms with Crippen molar-refractivity contribution in [3.8, 4) is 16.9 Å². The molecule has 0 aliphatic heterocycles. The van der Waals surface area contributed by atoms with E-state index in [4.69, 9.17) is 10.5 Å². The first-order valence-electron chi connectivity index (χ1n) is 9.55. The number of anilines is 2.